The second-order valence-electron chi connectivity index (χ2n) is 5.80. The van der Waals surface area contributed by atoms with Crippen LogP contribution >= 0.6 is 27.5 Å². The van der Waals surface area contributed by atoms with E-state index in [0.717, 1.165) is 4.47 Å². The molecule has 0 fully saturated rings. The Labute approximate surface area is 168 Å². The molecule has 27 heavy (non-hydrogen) atoms. The molecule has 0 bridgehead atoms. The van der Waals surface area contributed by atoms with Crippen molar-refractivity contribution in [3.8, 4) is 17.2 Å². The number of amides is 1. The van der Waals surface area contributed by atoms with Gasteiger partial charge in [0.25, 0.3) is 0 Å². The van der Waals surface area contributed by atoms with E-state index in [1.807, 2.05) is 0 Å². The molecule has 140 valence electrons. The third-order valence-corrected chi connectivity index (χ3v) is 4.88. The molecular weight excluding hydrogens is 440 g/mol. The molecule has 0 unspecified atom stereocenters. The first kappa shape index (κ1) is 17.9. The van der Waals surface area contributed by atoms with Crippen LogP contribution < -0.4 is 14.2 Å². The summed E-state index contributed by atoms with van der Waals surface area (Å²) in [5.74, 6) is 1.87. The number of nitrogens with zero attached hydrogens (tertiary/aromatic N) is 2. The topological polar surface area (TPSA) is 69.6 Å². The highest BCUT2D eigenvalue weighted by Crippen LogP contribution is 2.42. The van der Waals surface area contributed by atoms with E-state index in [-0.39, 0.29) is 25.2 Å². The fourth-order valence-electron chi connectivity index (χ4n) is 2.67. The van der Waals surface area contributed by atoms with Gasteiger partial charge in [-0.3, -0.25) is 4.79 Å². The zero-order valence-corrected chi connectivity index (χ0v) is 16.5. The molecule has 0 aliphatic carbocycles. The van der Waals surface area contributed by atoms with Crippen LogP contribution in [0.5, 0.6) is 17.2 Å². The number of fused-ring (bicyclic) bond motifs is 1. The van der Waals surface area contributed by atoms with Gasteiger partial charge in [-0.05, 0) is 36.4 Å². The molecule has 1 amide bonds. The normalized spacial score (nSPS) is 17.5. The van der Waals surface area contributed by atoms with E-state index in [2.05, 4.69) is 21.0 Å². The van der Waals surface area contributed by atoms with Crippen molar-refractivity contribution in [1.82, 2.24) is 5.01 Å². The quantitative estimate of drug-likeness (QED) is 0.697. The van der Waals surface area contributed by atoms with Crippen LogP contribution in [0.3, 0.4) is 0 Å². The van der Waals surface area contributed by atoms with E-state index in [1.54, 1.807) is 36.4 Å². The molecule has 0 saturated heterocycles. The average Bonchev–Trinajstić information content (AvgIpc) is 3.26. The number of carbonyl (C=O) groups is 1. The zero-order valence-electron chi connectivity index (χ0n) is 14.1. The minimum Gasteiger partial charge on any atom is -0.484 e. The third kappa shape index (κ3) is 3.68. The minimum absolute atomic E-state index is 0.0735. The van der Waals surface area contributed by atoms with Crippen molar-refractivity contribution in [2.75, 3.05) is 13.4 Å². The molecule has 7 nitrogen and oxygen atoms in total. The number of hydrazone groups is 1. The van der Waals surface area contributed by atoms with Crippen LogP contribution in [0.15, 0.2) is 46.0 Å². The average molecular weight is 454 g/mol. The fourth-order valence-corrected chi connectivity index (χ4v) is 3.31. The lowest BCUT2D eigenvalue weighted by Crippen LogP contribution is -2.25. The van der Waals surface area contributed by atoms with Crippen LogP contribution in [0.1, 0.15) is 18.7 Å². The molecule has 2 aliphatic heterocycles. The predicted octanol–water partition coefficient (Wildman–Crippen LogP) is 4.10. The van der Waals surface area contributed by atoms with E-state index in [1.165, 1.54) is 11.9 Å². The lowest BCUT2D eigenvalue weighted by Gasteiger charge is -2.20. The third-order valence-electron chi connectivity index (χ3n) is 3.95. The van der Waals surface area contributed by atoms with Crippen LogP contribution in [-0.2, 0) is 9.53 Å². The summed E-state index contributed by atoms with van der Waals surface area (Å²) < 4.78 is 23.0. The van der Waals surface area contributed by atoms with Gasteiger partial charge in [0.1, 0.15) is 5.75 Å². The van der Waals surface area contributed by atoms with Crippen LogP contribution in [0.4, 0.5) is 0 Å². The van der Waals surface area contributed by atoms with Crippen LogP contribution in [-0.4, -0.2) is 30.2 Å². The Morgan fingerprint density at radius 3 is 2.70 bits per heavy atom. The predicted molar refractivity (Wildman–Crippen MR) is 101 cm³/mol. The maximum absolute atomic E-state index is 12.0. The summed E-state index contributed by atoms with van der Waals surface area (Å²) in [6, 6.07) is 10.5. The lowest BCUT2D eigenvalue weighted by molar-refractivity contribution is -0.135. The summed E-state index contributed by atoms with van der Waals surface area (Å²) in [6.45, 7) is 1.65. The molecule has 1 atom stereocenters. The summed E-state index contributed by atoms with van der Waals surface area (Å²) in [7, 11) is 0. The van der Waals surface area contributed by atoms with Gasteiger partial charge in [0.15, 0.2) is 18.1 Å². The number of hydrogen-bond donors (Lipinski definition) is 0. The Kier molecular flexibility index (Phi) is 4.84. The van der Waals surface area contributed by atoms with Gasteiger partial charge in [-0.1, -0.05) is 27.5 Å². The number of halogens is 2. The number of hydrogen-bond acceptors (Lipinski definition) is 6. The molecule has 0 aromatic heterocycles. The summed E-state index contributed by atoms with van der Waals surface area (Å²) in [5.41, 5.74) is 0.694. The molecule has 2 heterocycles. The van der Waals surface area contributed by atoms with Crippen molar-refractivity contribution in [3.05, 3.63) is 51.5 Å². The lowest BCUT2D eigenvalue weighted by atomic mass is 10.1. The highest BCUT2D eigenvalue weighted by atomic mass is 79.9. The van der Waals surface area contributed by atoms with Gasteiger partial charge in [0.2, 0.25) is 24.8 Å². The molecular formula is C18H14BrClN2O5. The van der Waals surface area contributed by atoms with Crippen molar-refractivity contribution in [2.24, 2.45) is 5.10 Å². The molecule has 4 rings (SSSR count). The van der Waals surface area contributed by atoms with E-state index >= 15 is 0 Å². The number of ether oxygens (including phenoxy) is 4. The summed E-state index contributed by atoms with van der Waals surface area (Å²) in [6.07, 6.45) is -0.727. The second kappa shape index (κ2) is 7.28. The minimum atomic E-state index is -0.727. The smallest absolute Gasteiger partial charge is 0.247 e. The van der Waals surface area contributed by atoms with Gasteiger partial charge >= 0.3 is 0 Å². The van der Waals surface area contributed by atoms with E-state index in [0.29, 0.717) is 27.8 Å². The van der Waals surface area contributed by atoms with Crippen molar-refractivity contribution >= 4 is 39.3 Å². The van der Waals surface area contributed by atoms with Gasteiger partial charge in [-0.2, -0.15) is 5.01 Å². The molecule has 0 N–H and O–H groups in total. The van der Waals surface area contributed by atoms with Crippen molar-refractivity contribution in [3.63, 3.8) is 0 Å². The summed E-state index contributed by atoms with van der Waals surface area (Å²) in [5, 5.41) is 6.13. The largest absolute Gasteiger partial charge is 0.484 e. The molecule has 2 aliphatic rings. The molecule has 0 radical (unpaired) electrons. The van der Waals surface area contributed by atoms with Gasteiger partial charge < -0.3 is 18.9 Å². The first-order valence-corrected chi connectivity index (χ1v) is 9.19. The molecule has 2 aromatic rings. The number of benzene rings is 2. The maximum Gasteiger partial charge on any atom is 0.247 e. The highest BCUT2D eigenvalue weighted by Gasteiger charge is 2.35. The fraction of sp³-hybridized carbons (Fsp3) is 0.222. The molecule has 0 spiro atoms. The first-order chi connectivity index (χ1) is 13.0. The van der Waals surface area contributed by atoms with E-state index in [9.17, 15) is 4.79 Å². The Balaban J connectivity index is 1.53. The van der Waals surface area contributed by atoms with E-state index in [4.69, 9.17) is 30.5 Å². The zero-order chi connectivity index (χ0) is 19.0. The Bertz CT molecular complexity index is 919. The monoisotopic (exact) mass is 452 g/mol. The number of carbonyl (C=O) groups excluding carboxylic acids is 1. The summed E-state index contributed by atoms with van der Waals surface area (Å²) >= 11 is 9.35. The van der Waals surface area contributed by atoms with Crippen molar-refractivity contribution in [1.29, 1.82) is 0 Å². The molecule has 9 heteroatoms. The van der Waals surface area contributed by atoms with Crippen LogP contribution in [0, 0.1) is 0 Å². The van der Waals surface area contributed by atoms with Gasteiger partial charge in [0.05, 0.1) is 0 Å². The van der Waals surface area contributed by atoms with Gasteiger partial charge in [-0.15, -0.1) is 5.10 Å². The van der Waals surface area contributed by atoms with Crippen molar-refractivity contribution in [2.45, 2.75) is 13.2 Å². The first-order valence-electron chi connectivity index (χ1n) is 8.02. The Hall–Kier alpha value is -2.45. The van der Waals surface area contributed by atoms with Crippen LogP contribution in [0.2, 0.25) is 5.02 Å². The molecule has 0 saturated carbocycles. The second-order valence-corrected chi connectivity index (χ2v) is 7.09. The molecule has 2 aromatic carbocycles. The Morgan fingerprint density at radius 2 is 2.00 bits per heavy atom. The van der Waals surface area contributed by atoms with Crippen LogP contribution in [0.25, 0.3) is 0 Å². The van der Waals surface area contributed by atoms with Crippen molar-refractivity contribution < 1.29 is 23.7 Å². The van der Waals surface area contributed by atoms with Gasteiger partial charge in [-0.25, -0.2) is 0 Å². The number of rotatable bonds is 4. The Morgan fingerprint density at radius 1 is 1.30 bits per heavy atom. The highest BCUT2D eigenvalue weighted by molar-refractivity contribution is 9.10. The van der Waals surface area contributed by atoms with E-state index < -0.39 is 6.23 Å². The summed E-state index contributed by atoms with van der Waals surface area (Å²) in [4.78, 5) is 12.0. The maximum atomic E-state index is 12.0. The SMILES string of the molecule is CC(=O)N1N=C(COc2ccc(Cl)cc2)O[C@H]1c1cc2c(cc1Br)OCO2. The van der Waals surface area contributed by atoms with Gasteiger partial charge in [0, 0.05) is 22.0 Å². The standard InChI is InChI=1S/C18H14BrClN2O5/c1-10(23)22-18(13-6-15-16(7-14(13)19)26-9-25-15)27-17(21-22)8-24-12-4-2-11(20)3-5-12/h2-7,18H,8-9H2,1H3/t18-/m0/s1.